The predicted molar refractivity (Wildman–Crippen MR) is 112 cm³/mol. The SMILES string of the molecule is CCCn1c(SCC(=O)N(CC)Cc2ccccc2)nnc1-c1ccncc1. The van der Waals surface area contributed by atoms with E-state index in [1.165, 1.54) is 11.8 Å². The summed E-state index contributed by atoms with van der Waals surface area (Å²) in [6, 6.07) is 13.9. The topological polar surface area (TPSA) is 63.9 Å². The molecule has 0 atom stereocenters. The van der Waals surface area contributed by atoms with Gasteiger partial charge in [0.15, 0.2) is 11.0 Å². The third-order valence-electron chi connectivity index (χ3n) is 4.38. The van der Waals surface area contributed by atoms with E-state index in [0.29, 0.717) is 18.8 Å². The lowest BCUT2D eigenvalue weighted by Gasteiger charge is -2.20. The molecule has 1 amide bonds. The Morgan fingerprint density at radius 1 is 1.07 bits per heavy atom. The summed E-state index contributed by atoms with van der Waals surface area (Å²) in [6.45, 7) is 6.24. The van der Waals surface area contributed by atoms with Crippen LogP contribution in [-0.2, 0) is 17.9 Å². The summed E-state index contributed by atoms with van der Waals surface area (Å²) >= 11 is 1.45. The van der Waals surface area contributed by atoms with E-state index in [2.05, 4.69) is 26.7 Å². The summed E-state index contributed by atoms with van der Waals surface area (Å²) in [5.41, 5.74) is 2.12. The Kier molecular flexibility index (Phi) is 7.19. The van der Waals surface area contributed by atoms with Crippen molar-refractivity contribution in [3.63, 3.8) is 0 Å². The van der Waals surface area contributed by atoms with Gasteiger partial charge in [0.25, 0.3) is 0 Å². The van der Waals surface area contributed by atoms with Crippen molar-refractivity contribution in [3.8, 4) is 11.4 Å². The molecule has 0 spiro atoms. The minimum Gasteiger partial charge on any atom is -0.338 e. The quantitative estimate of drug-likeness (QED) is 0.514. The highest BCUT2D eigenvalue weighted by Crippen LogP contribution is 2.24. The zero-order chi connectivity index (χ0) is 19.8. The molecule has 28 heavy (non-hydrogen) atoms. The van der Waals surface area contributed by atoms with E-state index >= 15 is 0 Å². The summed E-state index contributed by atoms with van der Waals surface area (Å²) in [5.74, 6) is 1.27. The summed E-state index contributed by atoms with van der Waals surface area (Å²) in [7, 11) is 0. The van der Waals surface area contributed by atoms with Gasteiger partial charge in [-0.2, -0.15) is 0 Å². The van der Waals surface area contributed by atoms with Crippen molar-refractivity contribution in [1.29, 1.82) is 0 Å². The van der Waals surface area contributed by atoms with Gasteiger partial charge in [-0.3, -0.25) is 9.78 Å². The van der Waals surface area contributed by atoms with Gasteiger partial charge in [-0.1, -0.05) is 49.0 Å². The van der Waals surface area contributed by atoms with Crippen LogP contribution in [0.2, 0.25) is 0 Å². The number of carbonyl (C=O) groups is 1. The number of rotatable bonds is 9. The summed E-state index contributed by atoms with van der Waals surface area (Å²) in [6.07, 6.45) is 4.46. The highest BCUT2D eigenvalue weighted by Gasteiger charge is 2.17. The minimum atomic E-state index is 0.105. The Morgan fingerprint density at radius 2 is 1.82 bits per heavy atom. The number of benzene rings is 1. The van der Waals surface area contributed by atoms with Gasteiger partial charge >= 0.3 is 0 Å². The normalized spacial score (nSPS) is 10.8. The first-order valence-corrected chi connectivity index (χ1v) is 10.5. The Labute approximate surface area is 170 Å². The first kappa shape index (κ1) is 20.1. The Balaban J connectivity index is 1.69. The van der Waals surface area contributed by atoms with Gasteiger partial charge < -0.3 is 9.47 Å². The average Bonchev–Trinajstić information content (AvgIpc) is 3.14. The molecule has 0 aliphatic rings. The smallest absolute Gasteiger partial charge is 0.233 e. The second-order valence-corrected chi connectivity index (χ2v) is 7.32. The van der Waals surface area contributed by atoms with Crippen LogP contribution in [0.4, 0.5) is 0 Å². The molecule has 146 valence electrons. The molecule has 0 saturated heterocycles. The third-order valence-corrected chi connectivity index (χ3v) is 5.33. The van der Waals surface area contributed by atoms with Crippen molar-refractivity contribution in [2.75, 3.05) is 12.3 Å². The molecule has 0 fully saturated rings. The van der Waals surface area contributed by atoms with Crippen LogP contribution < -0.4 is 0 Å². The maximum Gasteiger partial charge on any atom is 0.233 e. The molecule has 0 aliphatic carbocycles. The van der Waals surface area contributed by atoms with Crippen molar-refractivity contribution < 1.29 is 4.79 Å². The van der Waals surface area contributed by atoms with E-state index in [1.807, 2.05) is 54.3 Å². The zero-order valence-electron chi connectivity index (χ0n) is 16.3. The number of amides is 1. The number of thioether (sulfide) groups is 1. The van der Waals surface area contributed by atoms with Gasteiger partial charge in [-0.25, -0.2) is 0 Å². The van der Waals surface area contributed by atoms with Gasteiger partial charge in [0.05, 0.1) is 5.75 Å². The molecule has 0 aliphatic heterocycles. The summed E-state index contributed by atoms with van der Waals surface area (Å²) < 4.78 is 2.08. The fourth-order valence-corrected chi connectivity index (χ4v) is 3.80. The van der Waals surface area contributed by atoms with Crippen LogP contribution in [0.15, 0.2) is 60.0 Å². The lowest BCUT2D eigenvalue weighted by Crippen LogP contribution is -2.31. The van der Waals surface area contributed by atoms with E-state index in [4.69, 9.17) is 0 Å². The maximum absolute atomic E-state index is 12.7. The van der Waals surface area contributed by atoms with Crippen molar-refractivity contribution in [2.24, 2.45) is 0 Å². The molecule has 2 aromatic heterocycles. The highest BCUT2D eigenvalue weighted by atomic mass is 32.2. The van der Waals surface area contributed by atoms with Gasteiger partial charge in [0.2, 0.25) is 5.91 Å². The molecule has 0 N–H and O–H groups in total. The van der Waals surface area contributed by atoms with Crippen LogP contribution in [0, 0.1) is 0 Å². The van der Waals surface area contributed by atoms with Crippen molar-refractivity contribution in [2.45, 2.75) is 38.5 Å². The van der Waals surface area contributed by atoms with Crippen LogP contribution in [0.25, 0.3) is 11.4 Å². The van der Waals surface area contributed by atoms with E-state index in [1.54, 1.807) is 12.4 Å². The number of nitrogens with zero attached hydrogens (tertiary/aromatic N) is 5. The molecule has 7 heteroatoms. The van der Waals surface area contributed by atoms with E-state index in [9.17, 15) is 4.79 Å². The number of hydrogen-bond donors (Lipinski definition) is 0. The maximum atomic E-state index is 12.7. The first-order chi connectivity index (χ1) is 13.7. The molecule has 0 unspecified atom stereocenters. The van der Waals surface area contributed by atoms with Crippen LogP contribution in [0.5, 0.6) is 0 Å². The molecule has 1 aromatic carbocycles. The summed E-state index contributed by atoms with van der Waals surface area (Å²) in [5, 5.41) is 9.47. The van der Waals surface area contributed by atoms with Gasteiger partial charge in [0, 0.05) is 37.6 Å². The van der Waals surface area contributed by atoms with Gasteiger partial charge in [-0.15, -0.1) is 10.2 Å². The molecule has 6 nitrogen and oxygen atoms in total. The van der Waals surface area contributed by atoms with Crippen molar-refractivity contribution in [1.82, 2.24) is 24.6 Å². The second kappa shape index (κ2) is 10.0. The van der Waals surface area contributed by atoms with Crippen molar-refractivity contribution in [3.05, 3.63) is 60.4 Å². The lowest BCUT2D eigenvalue weighted by atomic mass is 10.2. The van der Waals surface area contributed by atoms with E-state index in [-0.39, 0.29) is 5.91 Å². The molecular formula is C21H25N5OS. The van der Waals surface area contributed by atoms with Crippen molar-refractivity contribution >= 4 is 17.7 Å². The van der Waals surface area contributed by atoms with Crippen LogP contribution in [-0.4, -0.2) is 42.9 Å². The number of pyridine rings is 1. The van der Waals surface area contributed by atoms with Crippen LogP contribution in [0.1, 0.15) is 25.8 Å². The molecule has 2 heterocycles. The Bertz CT molecular complexity index is 882. The number of carbonyl (C=O) groups excluding carboxylic acids is 1. The highest BCUT2D eigenvalue weighted by molar-refractivity contribution is 7.99. The van der Waals surface area contributed by atoms with E-state index in [0.717, 1.165) is 35.1 Å². The van der Waals surface area contributed by atoms with E-state index < -0.39 is 0 Å². The summed E-state index contributed by atoms with van der Waals surface area (Å²) in [4.78, 5) is 18.7. The minimum absolute atomic E-state index is 0.105. The molecule has 0 saturated carbocycles. The number of hydrogen-bond acceptors (Lipinski definition) is 5. The first-order valence-electron chi connectivity index (χ1n) is 9.51. The molecule has 3 aromatic rings. The third kappa shape index (κ3) is 4.98. The van der Waals surface area contributed by atoms with Crippen LogP contribution >= 0.6 is 11.8 Å². The molecule has 0 bridgehead atoms. The molecular weight excluding hydrogens is 370 g/mol. The van der Waals surface area contributed by atoms with Crippen LogP contribution in [0.3, 0.4) is 0 Å². The van der Waals surface area contributed by atoms with Gasteiger partial charge in [0.1, 0.15) is 0 Å². The second-order valence-electron chi connectivity index (χ2n) is 6.38. The fourth-order valence-electron chi connectivity index (χ4n) is 2.93. The standard InChI is InChI=1S/C21H25N5OS/c1-3-14-26-20(18-10-12-22-13-11-18)23-24-21(26)28-16-19(27)25(4-2)15-17-8-6-5-7-9-17/h5-13H,3-4,14-16H2,1-2H3. The lowest BCUT2D eigenvalue weighted by molar-refractivity contribution is -0.128. The van der Waals surface area contributed by atoms with Gasteiger partial charge in [-0.05, 0) is 31.0 Å². The fraction of sp³-hybridized carbons (Fsp3) is 0.333. The Hall–Kier alpha value is -2.67. The largest absolute Gasteiger partial charge is 0.338 e. The monoisotopic (exact) mass is 395 g/mol. The Morgan fingerprint density at radius 3 is 2.50 bits per heavy atom. The zero-order valence-corrected chi connectivity index (χ0v) is 17.1. The average molecular weight is 396 g/mol. The number of aromatic nitrogens is 4. The predicted octanol–water partition coefficient (Wildman–Crippen LogP) is 3.89. The molecule has 0 radical (unpaired) electrons. The molecule has 3 rings (SSSR count).